The Labute approximate surface area is 201 Å². The van der Waals surface area contributed by atoms with Crippen LogP contribution in [-0.4, -0.2) is 70.4 Å². The summed E-state index contributed by atoms with van der Waals surface area (Å²) in [5.41, 5.74) is 2.14. The van der Waals surface area contributed by atoms with Gasteiger partial charge in [0.05, 0.1) is 18.3 Å². The molecule has 6 rings (SSSR count). The zero-order valence-electron chi connectivity index (χ0n) is 19.5. The lowest BCUT2D eigenvalue weighted by Crippen LogP contribution is -2.44. The smallest absolute Gasteiger partial charge is 0.284 e. The third-order valence-electron chi connectivity index (χ3n) is 6.96. The van der Waals surface area contributed by atoms with Crippen LogP contribution in [-0.2, 0) is 7.05 Å². The normalized spacial score (nSPS) is 20.7. The molecule has 0 radical (unpaired) electrons. The van der Waals surface area contributed by atoms with Crippen LogP contribution in [0.25, 0.3) is 21.3 Å². The van der Waals surface area contributed by atoms with E-state index in [0.717, 1.165) is 46.7 Å². The number of ether oxygens (including phenoxy) is 1. The highest BCUT2D eigenvalue weighted by Crippen LogP contribution is 2.35. The van der Waals surface area contributed by atoms with E-state index in [1.54, 1.807) is 11.8 Å². The predicted octanol–water partition coefficient (Wildman–Crippen LogP) is 3.37. The molecule has 3 aromatic heterocycles. The molecule has 2 aliphatic heterocycles. The van der Waals surface area contributed by atoms with Crippen LogP contribution in [0.15, 0.2) is 30.5 Å². The Kier molecular flexibility index (Phi) is 5.14. The molecule has 2 atom stereocenters. The maximum atomic E-state index is 13.1. The van der Waals surface area contributed by atoms with E-state index in [-0.39, 0.29) is 5.91 Å². The highest BCUT2D eigenvalue weighted by molar-refractivity contribution is 7.20. The number of carbonyl (C=O) groups is 1. The fraction of sp³-hybridized carbons (Fsp3) is 0.417. The summed E-state index contributed by atoms with van der Waals surface area (Å²) in [7, 11) is 5.65. The second-order valence-electron chi connectivity index (χ2n) is 9.24. The number of carbonyl (C=O) groups excluding carboxylic acids is 1. The Bertz CT molecular complexity index is 1400. The van der Waals surface area contributed by atoms with Crippen molar-refractivity contribution in [3.63, 3.8) is 0 Å². The highest BCUT2D eigenvalue weighted by Gasteiger charge is 2.38. The standard InChI is InChI=1S/C24H27N7O2S/c1-29-8-7-19-14(12-29)6-9-31(19)21-5-4-16-23(27-21)34-24(26-16)22(32)25-18-10-15-13-30(2)28-17(15)11-20(18)33-3/h4-5,10-11,13-14,19H,6-9,12H2,1-3H3,(H,25,32). The van der Waals surface area contributed by atoms with Gasteiger partial charge in [-0.2, -0.15) is 5.10 Å². The molecule has 1 amide bonds. The molecular formula is C24H27N7O2S. The van der Waals surface area contributed by atoms with Gasteiger partial charge in [0.25, 0.3) is 5.91 Å². The number of rotatable bonds is 4. The number of likely N-dealkylation sites (tertiary alicyclic amines) is 1. The van der Waals surface area contributed by atoms with Crippen molar-refractivity contribution in [2.75, 3.05) is 44.0 Å². The Balaban J connectivity index is 1.25. The number of hydrogen-bond donors (Lipinski definition) is 1. The zero-order chi connectivity index (χ0) is 23.4. The SMILES string of the molecule is COc1cc2nn(C)cc2cc1NC(=O)c1nc2ccc(N3CCC4CN(C)CCC43)nc2s1. The number of benzene rings is 1. The van der Waals surface area contributed by atoms with Crippen molar-refractivity contribution in [3.8, 4) is 5.75 Å². The lowest BCUT2D eigenvalue weighted by Gasteiger charge is -2.36. The third-order valence-corrected chi connectivity index (χ3v) is 7.92. The summed E-state index contributed by atoms with van der Waals surface area (Å²) in [4.78, 5) is 28.2. The van der Waals surface area contributed by atoms with Gasteiger partial charge in [-0.3, -0.25) is 9.48 Å². The fourth-order valence-corrected chi connectivity index (χ4v) is 6.16. The van der Waals surface area contributed by atoms with Crippen LogP contribution in [0.2, 0.25) is 0 Å². The summed E-state index contributed by atoms with van der Waals surface area (Å²) in [6, 6.07) is 8.27. The van der Waals surface area contributed by atoms with E-state index in [9.17, 15) is 4.79 Å². The minimum absolute atomic E-state index is 0.275. The molecule has 10 heteroatoms. The van der Waals surface area contributed by atoms with E-state index < -0.39 is 0 Å². The molecule has 1 aromatic carbocycles. The Morgan fingerprint density at radius 3 is 2.88 bits per heavy atom. The molecule has 5 heterocycles. The average molecular weight is 478 g/mol. The quantitative estimate of drug-likeness (QED) is 0.482. The zero-order valence-corrected chi connectivity index (χ0v) is 20.3. The molecule has 2 saturated heterocycles. The molecule has 1 N–H and O–H groups in total. The number of methoxy groups -OCH3 is 1. The molecular weight excluding hydrogens is 450 g/mol. The first-order chi connectivity index (χ1) is 16.5. The van der Waals surface area contributed by atoms with Crippen LogP contribution in [0.3, 0.4) is 0 Å². The second-order valence-corrected chi connectivity index (χ2v) is 10.2. The molecule has 0 aliphatic carbocycles. The van der Waals surface area contributed by atoms with Gasteiger partial charge in [-0.05, 0) is 50.6 Å². The molecule has 2 fully saturated rings. The number of anilines is 2. The Morgan fingerprint density at radius 1 is 1.15 bits per heavy atom. The van der Waals surface area contributed by atoms with Gasteiger partial charge < -0.3 is 19.9 Å². The first-order valence-corrected chi connectivity index (χ1v) is 12.4. The maximum absolute atomic E-state index is 13.1. The van der Waals surface area contributed by atoms with Gasteiger partial charge in [0, 0.05) is 43.8 Å². The van der Waals surface area contributed by atoms with Gasteiger partial charge in [-0.15, -0.1) is 0 Å². The van der Waals surface area contributed by atoms with E-state index in [4.69, 9.17) is 9.72 Å². The van der Waals surface area contributed by atoms with Crippen LogP contribution < -0.4 is 15.0 Å². The van der Waals surface area contributed by atoms with Crippen LogP contribution in [0.1, 0.15) is 22.6 Å². The van der Waals surface area contributed by atoms with Gasteiger partial charge in [0.2, 0.25) is 0 Å². The number of nitrogens with one attached hydrogen (secondary N) is 1. The van der Waals surface area contributed by atoms with Crippen molar-refractivity contribution in [2.24, 2.45) is 13.0 Å². The van der Waals surface area contributed by atoms with Gasteiger partial charge in [-0.1, -0.05) is 11.3 Å². The summed E-state index contributed by atoms with van der Waals surface area (Å²) < 4.78 is 7.22. The van der Waals surface area contributed by atoms with Crippen molar-refractivity contribution in [3.05, 3.63) is 35.5 Å². The van der Waals surface area contributed by atoms with E-state index in [0.29, 0.717) is 28.4 Å². The number of amides is 1. The summed E-state index contributed by atoms with van der Waals surface area (Å²) in [6.45, 7) is 3.31. The first kappa shape index (κ1) is 21.3. The molecule has 34 heavy (non-hydrogen) atoms. The van der Waals surface area contributed by atoms with Gasteiger partial charge >= 0.3 is 0 Å². The van der Waals surface area contributed by atoms with Crippen molar-refractivity contribution in [2.45, 2.75) is 18.9 Å². The molecule has 2 unspecified atom stereocenters. The molecule has 0 bridgehead atoms. The second kappa shape index (κ2) is 8.21. The summed E-state index contributed by atoms with van der Waals surface area (Å²) in [6.07, 6.45) is 4.27. The van der Waals surface area contributed by atoms with Crippen LogP contribution >= 0.6 is 11.3 Å². The van der Waals surface area contributed by atoms with Gasteiger partial charge in [-0.25, -0.2) is 9.97 Å². The highest BCUT2D eigenvalue weighted by atomic mass is 32.1. The summed E-state index contributed by atoms with van der Waals surface area (Å²) >= 11 is 1.32. The minimum Gasteiger partial charge on any atom is -0.494 e. The molecule has 2 aliphatic rings. The number of hydrogen-bond acceptors (Lipinski definition) is 8. The molecule has 4 aromatic rings. The summed E-state index contributed by atoms with van der Waals surface area (Å²) in [5, 5.41) is 8.66. The maximum Gasteiger partial charge on any atom is 0.284 e. The van der Waals surface area contributed by atoms with E-state index in [1.807, 2.05) is 37.5 Å². The Hall–Kier alpha value is -3.24. The van der Waals surface area contributed by atoms with Crippen LogP contribution in [0.4, 0.5) is 11.5 Å². The van der Waals surface area contributed by atoms with Crippen LogP contribution in [0.5, 0.6) is 5.75 Å². The number of aryl methyl sites for hydroxylation is 1. The average Bonchev–Trinajstić information content (AvgIpc) is 3.52. The monoisotopic (exact) mass is 477 g/mol. The number of thiazole rings is 1. The van der Waals surface area contributed by atoms with Crippen molar-refractivity contribution >= 4 is 50.0 Å². The number of nitrogens with zero attached hydrogens (tertiary/aromatic N) is 6. The van der Waals surface area contributed by atoms with Gasteiger partial charge in [0.1, 0.15) is 21.9 Å². The number of fused-ring (bicyclic) bond motifs is 3. The van der Waals surface area contributed by atoms with Crippen molar-refractivity contribution in [1.29, 1.82) is 0 Å². The van der Waals surface area contributed by atoms with Crippen LogP contribution in [0, 0.1) is 5.92 Å². The topological polar surface area (TPSA) is 88.4 Å². The first-order valence-electron chi connectivity index (χ1n) is 11.5. The number of piperidine rings is 1. The van der Waals surface area contributed by atoms with Crippen molar-refractivity contribution < 1.29 is 9.53 Å². The number of aromatic nitrogens is 4. The predicted molar refractivity (Wildman–Crippen MR) is 134 cm³/mol. The van der Waals surface area contributed by atoms with E-state index in [1.165, 1.54) is 24.2 Å². The molecule has 176 valence electrons. The van der Waals surface area contributed by atoms with E-state index >= 15 is 0 Å². The Morgan fingerprint density at radius 2 is 2.03 bits per heavy atom. The number of pyridine rings is 1. The largest absolute Gasteiger partial charge is 0.494 e. The summed E-state index contributed by atoms with van der Waals surface area (Å²) in [5.74, 6) is 1.97. The van der Waals surface area contributed by atoms with Crippen molar-refractivity contribution in [1.82, 2.24) is 24.6 Å². The van der Waals surface area contributed by atoms with Gasteiger partial charge in [0.15, 0.2) is 5.01 Å². The third kappa shape index (κ3) is 3.67. The van der Waals surface area contributed by atoms with E-state index in [2.05, 4.69) is 32.2 Å². The minimum atomic E-state index is -0.275. The molecule has 9 nitrogen and oxygen atoms in total. The molecule has 0 spiro atoms. The lowest BCUT2D eigenvalue weighted by molar-refractivity contribution is 0.102. The molecule has 0 saturated carbocycles. The fourth-order valence-electron chi connectivity index (χ4n) is 5.33. The lowest BCUT2D eigenvalue weighted by atomic mass is 9.93.